The third-order valence-corrected chi connectivity index (χ3v) is 3.16. The molecule has 0 N–H and O–H groups in total. The Morgan fingerprint density at radius 2 is 2.05 bits per heavy atom. The number of aromatic nitrogens is 2. The minimum absolute atomic E-state index is 0.0753. The number of rotatable bonds is 4. The number of Topliss-reactive ketones (excluding diaryl/α,β-unsaturated/α-hetero) is 1. The van der Waals surface area contributed by atoms with Gasteiger partial charge in [-0.1, -0.05) is 11.6 Å². The Bertz CT molecular complexity index is 639. The summed E-state index contributed by atoms with van der Waals surface area (Å²) in [5.41, 5.74) is 0.471. The van der Waals surface area contributed by atoms with Crippen LogP contribution >= 0.6 is 27.5 Å². The summed E-state index contributed by atoms with van der Waals surface area (Å²) in [5, 5.41) is 14.9. The van der Waals surface area contributed by atoms with Gasteiger partial charge in [-0.3, -0.25) is 4.79 Å². The first-order chi connectivity index (χ1) is 8.97. The van der Waals surface area contributed by atoms with Gasteiger partial charge in [0, 0.05) is 10.6 Å². The monoisotopic (exact) mass is 343 g/mol. The van der Waals surface area contributed by atoms with Crippen LogP contribution in [0.3, 0.4) is 0 Å². The van der Waals surface area contributed by atoms with Crippen molar-refractivity contribution in [2.45, 2.75) is 6.54 Å². The van der Waals surface area contributed by atoms with Crippen LogP contribution in [0, 0.1) is 10.1 Å². The molecule has 8 heteroatoms. The molecule has 0 radical (unpaired) electrons. The van der Waals surface area contributed by atoms with Crippen LogP contribution in [0.15, 0.2) is 34.9 Å². The Morgan fingerprint density at radius 1 is 1.42 bits per heavy atom. The van der Waals surface area contributed by atoms with Crippen molar-refractivity contribution in [3.05, 3.63) is 55.6 Å². The van der Waals surface area contributed by atoms with E-state index in [1.165, 1.54) is 10.9 Å². The number of carbonyl (C=O) groups excluding carboxylic acids is 1. The lowest BCUT2D eigenvalue weighted by atomic mass is 10.1. The van der Waals surface area contributed by atoms with Crippen LogP contribution in [0.4, 0.5) is 5.82 Å². The van der Waals surface area contributed by atoms with Gasteiger partial charge >= 0.3 is 5.82 Å². The molecule has 0 aliphatic heterocycles. The van der Waals surface area contributed by atoms with Crippen molar-refractivity contribution < 1.29 is 9.72 Å². The maximum atomic E-state index is 11.9. The van der Waals surface area contributed by atoms with E-state index in [0.29, 0.717) is 10.6 Å². The van der Waals surface area contributed by atoms with E-state index in [1.54, 1.807) is 24.3 Å². The first kappa shape index (κ1) is 13.7. The highest BCUT2D eigenvalue weighted by atomic mass is 79.9. The van der Waals surface area contributed by atoms with E-state index in [2.05, 4.69) is 21.0 Å². The van der Waals surface area contributed by atoms with Crippen molar-refractivity contribution in [1.29, 1.82) is 0 Å². The fourth-order valence-corrected chi connectivity index (χ4v) is 2.05. The quantitative estimate of drug-likeness (QED) is 0.485. The standard InChI is InChI=1S/C11H7BrClN3O3/c12-9-5-15(14-11(9)16(18)19)6-10(17)7-1-3-8(13)4-2-7/h1-5H,6H2. The minimum Gasteiger partial charge on any atom is -0.358 e. The summed E-state index contributed by atoms with van der Waals surface area (Å²) >= 11 is 8.75. The first-order valence-corrected chi connectivity index (χ1v) is 6.30. The normalized spacial score (nSPS) is 10.4. The number of carbonyl (C=O) groups is 1. The number of hydrogen-bond donors (Lipinski definition) is 0. The molecule has 1 aromatic heterocycles. The molecule has 0 unspecified atom stereocenters. The van der Waals surface area contributed by atoms with E-state index >= 15 is 0 Å². The molecule has 0 bridgehead atoms. The third kappa shape index (κ3) is 3.18. The number of hydrogen-bond acceptors (Lipinski definition) is 4. The molecule has 98 valence electrons. The maximum absolute atomic E-state index is 11.9. The SMILES string of the molecule is O=C(Cn1cc(Br)c([N+](=O)[O-])n1)c1ccc(Cl)cc1. The van der Waals surface area contributed by atoms with Gasteiger partial charge in [0.1, 0.15) is 11.0 Å². The number of nitro groups is 1. The van der Waals surface area contributed by atoms with E-state index in [9.17, 15) is 14.9 Å². The molecule has 0 atom stereocenters. The summed E-state index contributed by atoms with van der Waals surface area (Å²) in [7, 11) is 0. The highest BCUT2D eigenvalue weighted by Gasteiger charge is 2.20. The van der Waals surface area contributed by atoms with Gasteiger partial charge < -0.3 is 10.1 Å². The average molecular weight is 345 g/mol. The summed E-state index contributed by atoms with van der Waals surface area (Å²) in [6.07, 6.45) is 1.39. The summed E-state index contributed by atoms with van der Waals surface area (Å²) in [6, 6.07) is 6.40. The molecule has 1 heterocycles. The van der Waals surface area contributed by atoms with Crippen LogP contribution in [-0.2, 0) is 6.54 Å². The second kappa shape index (κ2) is 5.50. The molecular weight excluding hydrogens is 337 g/mol. The molecule has 19 heavy (non-hydrogen) atoms. The molecule has 0 saturated carbocycles. The van der Waals surface area contributed by atoms with E-state index in [4.69, 9.17) is 11.6 Å². The predicted octanol–water partition coefficient (Wildman–Crippen LogP) is 3.09. The molecule has 6 nitrogen and oxygen atoms in total. The van der Waals surface area contributed by atoms with Crippen molar-refractivity contribution in [1.82, 2.24) is 9.78 Å². The largest absolute Gasteiger partial charge is 0.404 e. The predicted molar refractivity (Wildman–Crippen MR) is 72.4 cm³/mol. The van der Waals surface area contributed by atoms with Crippen LogP contribution in [0.5, 0.6) is 0 Å². The van der Waals surface area contributed by atoms with Gasteiger partial charge in [-0.15, -0.1) is 0 Å². The zero-order chi connectivity index (χ0) is 14.0. The molecule has 0 aliphatic rings. The van der Waals surface area contributed by atoms with Crippen LogP contribution < -0.4 is 0 Å². The number of benzene rings is 1. The van der Waals surface area contributed by atoms with Gasteiger partial charge in [0.25, 0.3) is 0 Å². The lowest BCUT2D eigenvalue weighted by molar-refractivity contribution is -0.390. The minimum atomic E-state index is -0.618. The Kier molecular flexibility index (Phi) is 3.96. The molecule has 2 aromatic rings. The highest BCUT2D eigenvalue weighted by molar-refractivity contribution is 9.10. The fraction of sp³-hybridized carbons (Fsp3) is 0.0909. The lowest BCUT2D eigenvalue weighted by Gasteiger charge is -1.98. The Hall–Kier alpha value is -1.73. The van der Waals surface area contributed by atoms with Gasteiger partial charge in [-0.25, -0.2) is 0 Å². The van der Waals surface area contributed by atoms with Crippen LogP contribution in [0.2, 0.25) is 5.02 Å². The molecule has 0 fully saturated rings. The molecule has 1 aromatic carbocycles. The summed E-state index contributed by atoms with van der Waals surface area (Å²) in [4.78, 5) is 21.9. The second-order valence-corrected chi connectivity index (χ2v) is 4.98. The highest BCUT2D eigenvalue weighted by Crippen LogP contribution is 2.22. The van der Waals surface area contributed by atoms with Crippen molar-refractivity contribution >= 4 is 39.1 Å². The van der Waals surface area contributed by atoms with E-state index in [-0.39, 0.29) is 22.6 Å². The van der Waals surface area contributed by atoms with Crippen molar-refractivity contribution in [3.8, 4) is 0 Å². The molecular formula is C11H7BrClN3O3. The Labute approximate surface area is 121 Å². The summed E-state index contributed by atoms with van der Waals surface area (Å²) < 4.78 is 1.46. The molecule has 0 amide bonds. The Balaban J connectivity index is 2.17. The van der Waals surface area contributed by atoms with E-state index in [1.807, 2.05) is 0 Å². The molecule has 0 saturated heterocycles. The molecule has 2 rings (SSSR count). The van der Waals surface area contributed by atoms with Gasteiger partial charge in [-0.05, 0) is 45.1 Å². The van der Waals surface area contributed by atoms with Crippen molar-refractivity contribution in [2.24, 2.45) is 0 Å². The van der Waals surface area contributed by atoms with Gasteiger partial charge in [-0.2, -0.15) is 4.68 Å². The third-order valence-electron chi connectivity index (χ3n) is 2.34. The Morgan fingerprint density at radius 3 is 2.58 bits per heavy atom. The van der Waals surface area contributed by atoms with Crippen LogP contribution in [0.25, 0.3) is 0 Å². The van der Waals surface area contributed by atoms with E-state index in [0.717, 1.165) is 0 Å². The maximum Gasteiger partial charge on any atom is 0.404 e. The number of halogens is 2. The average Bonchev–Trinajstić information content (AvgIpc) is 2.71. The van der Waals surface area contributed by atoms with Crippen molar-refractivity contribution in [2.75, 3.05) is 0 Å². The van der Waals surface area contributed by atoms with Crippen molar-refractivity contribution in [3.63, 3.8) is 0 Å². The fourth-order valence-electron chi connectivity index (χ4n) is 1.47. The number of nitrogens with zero attached hydrogens (tertiary/aromatic N) is 3. The van der Waals surface area contributed by atoms with E-state index < -0.39 is 4.92 Å². The molecule has 0 aliphatic carbocycles. The van der Waals surface area contributed by atoms with Gasteiger partial charge in [0.15, 0.2) is 5.78 Å². The zero-order valence-electron chi connectivity index (χ0n) is 9.42. The topological polar surface area (TPSA) is 78.0 Å². The summed E-state index contributed by atoms with van der Waals surface area (Å²) in [6.45, 7) is -0.0753. The van der Waals surface area contributed by atoms with Crippen LogP contribution in [0.1, 0.15) is 10.4 Å². The molecule has 0 spiro atoms. The van der Waals surface area contributed by atoms with Gasteiger partial charge in [0.05, 0.1) is 11.3 Å². The number of ketones is 1. The second-order valence-electron chi connectivity index (χ2n) is 3.69. The first-order valence-electron chi connectivity index (χ1n) is 5.13. The summed E-state index contributed by atoms with van der Waals surface area (Å²) in [5.74, 6) is -0.523. The van der Waals surface area contributed by atoms with Crippen LogP contribution in [-0.4, -0.2) is 20.5 Å². The van der Waals surface area contributed by atoms with Gasteiger partial charge in [0.2, 0.25) is 0 Å². The lowest BCUT2D eigenvalue weighted by Crippen LogP contribution is -2.11. The smallest absolute Gasteiger partial charge is 0.358 e. The zero-order valence-corrected chi connectivity index (χ0v) is 11.8.